The molecule has 1 aliphatic rings. The van der Waals surface area contributed by atoms with Crippen LogP contribution in [-0.2, 0) is 24.4 Å². The van der Waals surface area contributed by atoms with Gasteiger partial charge in [-0.25, -0.2) is 0 Å². The summed E-state index contributed by atoms with van der Waals surface area (Å²) in [6.45, 7) is 3.28. The van der Waals surface area contributed by atoms with Gasteiger partial charge in [-0.3, -0.25) is 14.1 Å². The Labute approximate surface area is 112 Å². The molecular formula is C11H19NO6S. The number of amides is 1. The lowest BCUT2D eigenvalue weighted by Gasteiger charge is -2.30. The van der Waals surface area contributed by atoms with Crippen LogP contribution < -0.4 is 5.32 Å². The van der Waals surface area contributed by atoms with Crippen LogP contribution in [0, 0.1) is 0 Å². The molecule has 1 heterocycles. The van der Waals surface area contributed by atoms with Crippen molar-refractivity contribution in [3.8, 4) is 0 Å². The van der Waals surface area contributed by atoms with Gasteiger partial charge in [-0.15, -0.1) is 0 Å². The molecule has 7 nitrogen and oxygen atoms in total. The number of rotatable bonds is 6. The standard InChI is InChI=1S/C11H19NO6S/c1-8(13)12-11(2,6-9-4-3-5-18-9)10(14)7-19(15,16)17/h9H,3-7H2,1-2H3,(H,12,13)(H,15,16,17). The van der Waals surface area contributed by atoms with Crippen molar-refractivity contribution in [3.63, 3.8) is 0 Å². The first kappa shape index (κ1) is 16.1. The number of hydrogen-bond acceptors (Lipinski definition) is 5. The molecule has 1 rings (SSSR count). The molecule has 0 aromatic heterocycles. The van der Waals surface area contributed by atoms with Gasteiger partial charge in [-0.2, -0.15) is 8.42 Å². The lowest BCUT2D eigenvalue weighted by Crippen LogP contribution is -2.55. The predicted octanol–water partition coefficient (Wildman–Crippen LogP) is -0.0928. The third-order valence-electron chi connectivity index (χ3n) is 3.04. The number of ketones is 1. The highest BCUT2D eigenvalue weighted by atomic mass is 32.2. The Morgan fingerprint density at radius 2 is 2.11 bits per heavy atom. The fourth-order valence-electron chi connectivity index (χ4n) is 2.21. The molecule has 19 heavy (non-hydrogen) atoms. The fourth-order valence-corrected chi connectivity index (χ4v) is 2.86. The minimum absolute atomic E-state index is 0.192. The average Bonchev–Trinajstić information content (AvgIpc) is 2.65. The molecule has 0 radical (unpaired) electrons. The van der Waals surface area contributed by atoms with Crippen molar-refractivity contribution in [2.75, 3.05) is 12.4 Å². The highest BCUT2D eigenvalue weighted by Crippen LogP contribution is 2.23. The van der Waals surface area contributed by atoms with E-state index in [1.165, 1.54) is 13.8 Å². The summed E-state index contributed by atoms with van der Waals surface area (Å²) >= 11 is 0. The normalized spacial score (nSPS) is 22.8. The summed E-state index contributed by atoms with van der Waals surface area (Å²) in [5.74, 6) is -2.21. The van der Waals surface area contributed by atoms with Crippen LogP contribution in [0.25, 0.3) is 0 Å². The number of carbonyl (C=O) groups is 2. The second-order valence-electron chi connectivity index (χ2n) is 5.00. The molecule has 2 N–H and O–H groups in total. The van der Waals surface area contributed by atoms with Gasteiger partial charge in [0.25, 0.3) is 10.1 Å². The first-order chi connectivity index (χ1) is 8.62. The van der Waals surface area contributed by atoms with Crippen LogP contribution in [0.3, 0.4) is 0 Å². The van der Waals surface area contributed by atoms with E-state index in [0.29, 0.717) is 6.61 Å². The summed E-state index contributed by atoms with van der Waals surface area (Å²) < 4.78 is 35.8. The minimum Gasteiger partial charge on any atom is -0.378 e. The van der Waals surface area contributed by atoms with Crippen LogP contribution in [0.1, 0.15) is 33.1 Å². The van der Waals surface area contributed by atoms with E-state index >= 15 is 0 Å². The van der Waals surface area contributed by atoms with E-state index < -0.39 is 33.1 Å². The summed E-state index contributed by atoms with van der Waals surface area (Å²) in [5, 5.41) is 2.46. The molecule has 1 aliphatic heterocycles. The maximum absolute atomic E-state index is 12.0. The Morgan fingerprint density at radius 3 is 2.53 bits per heavy atom. The quantitative estimate of drug-likeness (QED) is 0.662. The van der Waals surface area contributed by atoms with Crippen LogP contribution in [-0.4, -0.2) is 48.7 Å². The Kier molecular flexibility index (Phi) is 5.05. The molecule has 1 fully saturated rings. The molecule has 0 aliphatic carbocycles. The number of nitrogens with one attached hydrogen (secondary N) is 1. The van der Waals surface area contributed by atoms with E-state index in [4.69, 9.17) is 9.29 Å². The lowest BCUT2D eigenvalue weighted by atomic mass is 9.89. The maximum atomic E-state index is 12.0. The maximum Gasteiger partial charge on any atom is 0.272 e. The summed E-state index contributed by atoms with van der Waals surface area (Å²) in [6.07, 6.45) is 1.63. The molecule has 110 valence electrons. The SMILES string of the molecule is CC(=O)NC(C)(CC1CCCO1)C(=O)CS(=O)(=O)O. The fraction of sp³-hybridized carbons (Fsp3) is 0.818. The van der Waals surface area contributed by atoms with Crippen molar-refractivity contribution in [2.45, 2.75) is 44.8 Å². The number of carbonyl (C=O) groups excluding carboxylic acids is 2. The highest BCUT2D eigenvalue weighted by molar-refractivity contribution is 7.86. The molecule has 1 amide bonds. The molecule has 0 spiro atoms. The molecular weight excluding hydrogens is 274 g/mol. The van der Waals surface area contributed by atoms with Crippen molar-refractivity contribution >= 4 is 21.8 Å². The van der Waals surface area contributed by atoms with E-state index in [0.717, 1.165) is 12.8 Å². The Hall–Kier alpha value is -0.990. The van der Waals surface area contributed by atoms with E-state index in [1.807, 2.05) is 0 Å². The molecule has 2 atom stereocenters. The van der Waals surface area contributed by atoms with Gasteiger partial charge in [0.2, 0.25) is 5.91 Å². The zero-order chi connectivity index (χ0) is 14.7. The second kappa shape index (κ2) is 5.98. The second-order valence-corrected chi connectivity index (χ2v) is 6.45. The zero-order valence-corrected chi connectivity index (χ0v) is 11.8. The van der Waals surface area contributed by atoms with Gasteiger partial charge >= 0.3 is 0 Å². The van der Waals surface area contributed by atoms with Gasteiger partial charge in [0.1, 0.15) is 5.75 Å². The van der Waals surface area contributed by atoms with E-state index in [-0.39, 0.29) is 12.5 Å². The Morgan fingerprint density at radius 1 is 1.47 bits per heavy atom. The van der Waals surface area contributed by atoms with Crippen LogP contribution >= 0.6 is 0 Å². The Bertz CT molecular complexity index is 454. The molecule has 0 saturated carbocycles. The van der Waals surface area contributed by atoms with E-state index in [9.17, 15) is 18.0 Å². The van der Waals surface area contributed by atoms with E-state index in [2.05, 4.69) is 5.32 Å². The van der Waals surface area contributed by atoms with Crippen molar-refractivity contribution in [1.82, 2.24) is 5.32 Å². The summed E-state index contributed by atoms with van der Waals surface area (Å²) in [7, 11) is -4.42. The van der Waals surface area contributed by atoms with Crippen LogP contribution in [0.2, 0.25) is 0 Å². The van der Waals surface area contributed by atoms with Gasteiger partial charge in [-0.05, 0) is 19.8 Å². The van der Waals surface area contributed by atoms with Gasteiger partial charge in [0, 0.05) is 20.0 Å². The van der Waals surface area contributed by atoms with Crippen molar-refractivity contribution in [2.24, 2.45) is 0 Å². The summed E-state index contributed by atoms with van der Waals surface area (Å²) in [5.41, 5.74) is -1.35. The van der Waals surface area contributed by atoms with E-state index in [1.54, 1.807) is 0 Å². The van der Waals surface area contributed by atoms with Crippen molar-refractivity contribution in [3.05, 3.63) is 0 Å². The van der Waals surface area contributed by atoms with Crippen molar-refractivity contribution in [1.29, 1.82) is 0 Å². The predicted molar refractivity (Wildman–Crippen MR) is 67.2 cm³/mol. The minimum atomic E-state index is -4.42. The molecule has 0 aromatic rings. The molecule has 0 aromatic carbocycles. The number of Topliss-reactive ketones (excluding diaryl/α,β-unsaturated/α-hetero) is 1. The van der Waals surface area contributed by atoms with Gasteiger partial charge in [0.15, 0.2) is 5.78 Å². The molecule has 2 unspecified atom stereocenters. The number of hydrogen-bond donors (Lipinski definition) is 2. The first-order valence-corrected chi connectivity index (χ1v) is 7.62. The van der Waals surface area contributed by atoms with Gasteiger partial charge in [0.05, 0.1) is 11.6 Å². The van der Waals surface area contributed by atoms with Crippen LogP contribution in [0.4, 0.5) is 0 Å². The van der Waals surface area contributed by atoms with Gasteiger partial charge in [-0.1, -0.05) is 0 Å². The smallest absolute Gasteiger partial charge is 0.272 e. The highest BCUT2D eigenvalue weighted by Gasteiger charge is 2.39. The lowest BCUT2D eigenvalue weighted by molar-refractivity contribution is -0.130. The van der Waals surface area contributed by atoms with Gasteiger partial charge < -0.3 is 10.1 Å². The number of ether oxygens (including phenoxy) is 1. The average molecular weight is 293 g/mol. The largest absolute Gasteiger partial charge is 0.378 e. The third-order valence-corrected chi connectivity index (χ3v) is 3.67. The molecule has 1 saturated heterocycles. The summed E-state index contributed by atoms with van der Waals surface area (Å²) in [4.78, 5) is 23.2. The zero-order valence-electron chi connectivity index (χ0n) is 11.0. The first-order valence-electron chi connectivity index (χ1n) is 6.01. The molecule has 8 heteroatoms. The Balaban J connectivity index is 2.84. The summed E-state index contributed by atoms with van der Waals surface area (Å²) in [6, 6.07) is 0. The van der Waals surface area contributed by atoms with Crippen LogP contribution in [0.15, 0.2) is 0 Å². The molecule has 0 bridgehead atoms. The third kappa shape index (κ3) is 5.25. The van der Waals surface area contributed by atoms with Crippen LogP contribution in [0.5, 0.6) is 0 Å². The topological polar surface area (TPSA) is 110 Å². The monoisotopic (exact) mass is 293 g/mol. The van der Waals surface area contributed by atoms with Crippen molar-refractivity contribution < 1.29 is 27.3 Å².